The van der Waals surface area contributed by atoms with Gasteiger partial charge in [0.1, 0.15) is 11.9 Å². The number of rotatable bonds is 5. The van der Waals surface area contributed by atoms with Crippen molar-refractivity contribution in [3.05, 3.63) is 16.8 Å². The highest BCUT2D eigenvalue weighted by atomic mass is 32.2. The number of tetrazole rings is 1. The summed E-state index contributed by atoms with van der Waals surface area (Å²) in [5.74, 6) is 0.653. The number of thioether (sulfide) groups is 1. The Morgan fingerprint density at radius 1 is 1.40 bits per heavy atom. The number of amides is 1. The van der Waals surface area contributed by atoms with Gasteiger partial charge >= 0.3 is 0 Å². The monoisotopic (exact) mass is 359 g/mol. The lowest BCUT2D eigenvalue weighted by atomic mass is 10.2. The van der Waals surface area contributed by atoms with Crippen molar-refractivity contribution in [1.29, 1.82) is 5.26 Å². The van der Waals surface area contributed by atoms with Gasteiger partial charge in [-0.2, -0.15) is 5.26 Å². The zero-order valence-electron chi connectivity index (χ0n) is 14.6. The largest absolute Gasteiger partial charge is 0.327 e. The predicted octanol–water partition coefficient (Wildman–Crippen LogP) is 2.35. The normalized spacial score (nSPS) is 14.6. The van der Waals surface area contributed by atoms with Crippen molar-refractivity contribution in [3.8, 4) is 6.07 Å². The quantitative estimate of drug-likeness (QED) is 0.822. The summed E-state index contributed by atoms with van der Waals surface area (Å²) in [5.41, 5.74) is 2.56. The molecule has 0 aliphatic heterocycles. The molecule has 0 atom stereocenters. The zero-order chi connectivity index (χ0) is 18.0. The van der Waals surface area contributed by atoms with Crippen LogP contribution in [0.25, 0.3) is 0 Å². The maximum atomic E-state index is 12.4. The summed E-state index contributed by atoms with van der Waals surface area (Å²) in [6.07, 6.45) is 4.54. The van der Waals surface area contributed by atoms with Crippen LogP contribution >= 0.6 is 11.8 Å². The third kappa shape index (κ3) is 3.39. The lowest BCUT2D eigenvalue weighted by Crippen LogP contribution is -2.20. The van der Waals surface area contributed by atoms with Gasteiger partial charge in [0.2, 0.25) is 11.1 Å². The first-order chi connectivity index (χ1) is 12.0. The zero-order valence-corrected chi connectivity index (χ0v) is 15.4. The number of nitrogens with zero attached hydrogens (tertiary/aromatic N) is 6. The number of nitrogens with one attached hydrogen (secondary N) is 1. The molecule has 1 amide bonds. The first-order valence-corrected chi connectivity index (χ1v) is 9.28. The van der Waals surface area contributed by atoms with E-state index >= 15 is 0 Å². The van der Waals surface area contributed by atoms with E-state index < -0.39 is 0 Å². The first-order valence-electron chi connectivity index (χ1n) is 8.29. The molecule has 0 bridgehead atoms. The molecule has 132 valence electrons. The molecular formula is C16H21N7OS. The molecule has 1 fully saturated rings. The molecule has 2 aromatic heterocycles. The Hall–Kier alpha value is -2.34. The fraction of sp³-hybridized carbons (Fsp3) is 0.562. The summed E-state index contributed by atoms with van der Waals surface area (Å²) in [4.78, 5) is 12.4. The van der Waals surface area contributed by atoms with Gasteiger partial charge in [0.15, 0.2) is 0 Å². The molecule has 1 aliphatic carbocycles. The van der Waals surface area contributed by atoms with Crippen molar-refractivity contribution in [2.75, 3.05) is 11.1 Å². The number of aromatic nitrogens is 5. The Labute approximate surface area is 150 Å². The Bertz CT molecular complexity index is 826. The van der Waals surface area contributed by atoms with E-state index in [1.807, 2.05) is 13.8 Å². The van der Waals surface area contributed by atoms with Crippen molar-refractivity contribution in [2.24, 2.45) is 7.05 Å². The lowest BCUT2D eigenvalue weighted by Gasteiger charge is -2.19. The average molecular weight is 359 g/mol. The second-order valence-electron chi connectivity index (χ2n) is 6.28. The van der Waals surface area contributed by atoms with Gasteiger partial charge in [-0.25, -0.2) is 4.68 Å². The minimum atomic E-state index is -0.166. The van der Waals surface area contributed by atoms with Gasteiger partial charge < -0.3 is 9.88 Å². The van der Waals surface area contributed by atoms with E-state index in [0.717, 1.165) is 24.1 Å². The van der Waals surface area contributed by atoms with E-state index in [0.29, 0.717) is 22.6 Å². The van der Waals surface area contributed by atoms with Gasteiger partial charge in [-0.15, -0.1) is 5.10 Å². The van der Waals surface area contributed by atoms with Crippen LogP contribution in [-0.2, 0) is 11.8 Å². The van der Waals surface area contributed by atoms with Crippen LogP contribution in [0.2, 0.25) is 0 Å². The van der Waals surface area contributed by atoms with Gasteiger partial charge in [-0.05, 0) is 42.7 Å². The lowest BCUT2D eigenvalue weighted by molar-refractivity contribution is -0.113. The summed E-state index contributed by atoms with van der Waals surface area (Å²) in [6.45, 7) is 3.96. The topological polar surface area (TPSA) is 101 Å². The second kappa shape index (κ2) is 7.27. The van der Waals surface area contributed by atoms with Crippen LogP contribution in [0, 0.1) is 25.2 Å². The van der Waals surface area contributed by atoms with Gasteiger partial charge in [-0.1, -0.05) is 24.6 Å². The highest BCUT2D eigenvalue weighted by Gasteiger charge is 2.26. The molecule has 8 nitrogen and oxygen atoms in total. The minimum absolute atomic E-state index is 0.166. The molecule has 1 saturated carbocycles. The van der Waals surface area contributed by atoms with Crippen LogP contribution in [-0.4, -0.2) is 36.4 Å². The second-order valence-corrected chi connectivity index (χ2v) is 7.22. The molecule has 2 heterocycles. The number of carbonyl (C=O) groups is 1. The molecule has 0 aromatic carbocycles. The van der Waals surface area contributed by atoms with Gasteiger partial charge in [0, 0.05) is 18.8 Å². The number of hydrogen-bond donors (Lipinski definition) is 1. The van der Waals surface area contributed by atoms with Gasteiger partial charge in [-0.3, -0.25) is 4.79 Å². The fourth-order valence-electron chi connectivity index (χ4n) is 3.35. The Morgan fingerprint density at radius 3 is 2.72 bits per heavy atom. The standard InChI is InChI=1S/C16H21N7OS/c1-10-11(2)23(12-6-4-5-7-12)15(13(10)8-17)18-14(24)9-25-16-19-20-21-22(16)3/h12H,4-7,9H2,1-3H3,(H,18,24). The van der Waals surface area contributed by atoms with Crippen molar-refractivity contribution in [1.82, 2.24) is 24.8 Å². The van der Waals surface area contributed by atoms with Gasteiger partial charge in [0.05, 0.1) is 11.3 Å². The van der Waals surface area contributed by atoms with E-state index in [-0.39, 0.29) is 11.7 Å². The van der Waals surface area contributed by atoms with E-state index in [1.54, 1.807) is 7.05 Å². The first kappa shape index (κ1) is 17.5. The van der Waals surface area contributed by atoms with Gasteiger partial charge in [0.25, 0.3) is 0 Å². The molecule has 1 N–H and O–H groups in total. The summed E-state index contributed by atoms with van der Waals surface area (Å²) >= 11 is 1.27. The molecule has 25 heavy (non-hydrogen) atoms. The van der Waals surface area contributed by atoms with Crippen LogP contribution < -0.4 is 5.32 Å². The summed E-state index contributed by atoms with van der Waals surface area (Å²) in [7, 11) is 1.73. The Balaban J connectivity index is 1.81. The summed E-state index contributed by atoms with van der Waals surface area (Å²) in [6, 6.07) is 2.61. The maximum absolute atomic E-state index is 12.4. The highest BCUT2D eigenvalue weighted by molar-refractivity contribution is 7.99. The molecule has 9 heteroatoms. The van der Waals surface area contributed by atoms with E-state index in [2.05, 4.69) is 31.5 Å². The van der Waals surface area contributed by atoms with Crippen molar-refractivity contribution in [2.45, 2.75) is 50.7 Å². The predicted molar refractivity (Wildman–Crippen MR) is 94.3 cm³/mol. The number of carbonyl (C=O) groups excluding carboxylic acids is 1. The summed E-state index contributed by atoms with van der Waals surface area (Å²) in [5, 5.41) is 24.2. The van der Waals surface area contributed by atoms with Crippen LogP contribution in [0.4, 0.5) is 5.82 Å². The third-order valence-electron chi connectivity index (χ3n) is 4.73. The fourth-order valence-corrected chi connectivity index (χ4v) is 4.00. The van der Waals surface area contributed by atoms with Crippen LogP contribution in [0.15, 0.2) is 5.16 Å². The number of nitriles is 1. The molecule has 3 rings (SSSR count). The number of aryl methyl sites for hydroxylation is 1. The van der Waals surface area contributed by atoms with E-state index in [9.17, 15) is 10.1 Å². The molecule has 0 saturated heterocycles. The maximum Gasteiger partial charge on any atom is 0.235 e. The third-order valence-corrected chi connectivity index (χ3v) is 5.74. The van der Waals surface area contributed by atoms with E-state index in [4.69, 9.17) is 0 Å². The van der Waals surface area contributed by atoms with Crippen LogP contribution in [0.5, 0.6) is 0 Å². The highest BCUT2D eigenvalue weighted by Crippen LogP contribution is 2.37. The van der Waals surface area contributed by atoms with Crippen molar-refractivity contribution < 1.29 is 4.79 Å². The minimum Gasteiger partial charge on any atom is -0.327 e. The van der Waals surface area contributed by atoms with Crippen molar-refractivity contribution >= 4 is 23.5 Å². The van der Waals surface area contributed by atoms with Crippen LogP contribution in [0.1, 0.15) is 48.5 Å². The Kier molecular flexibility index (Phi) is 5.08. The Morgan fingerprint density at radius 2 is 2.12 bits per heavy atom. The number of hydrogen-bond acceptors (Lipinski definition) is 6. The SMILES string of the molecule is Cc1c(C#N)c(NC(=O)CSc2nnnn2C)n(C2CCCC2)c1C. The summed E-state index contributed by atoms with van der Waals surface area (Å²) < 4.78 is 3.67. The average Bonchev–Trinajstić information content (AvgIpc) is 3.29. The smallest absolute Gasteiger partial charge is 0.235 e. The molecule has 0 unspecified atom stereocenters. The molecule has 0 spiro atoms. The molecule has 2 aromatic rings. The van der Waals surface area contributed by atoms with E-state index in [1.165, 1.54) is 29.3 Å². The van der Waals surface area contributed by atoms with Crippen LogP contribution in [0.3, 0.4) is 0 Å². The van der Waals surface area contributed by atoms with Crippen molar-refractivity contribution in [3.63, 3.8) is 0 Å². The number of anilines is 1. The molecular weight excluding hydrogens is 338 g/mol. The molecule has 1 aliphatic rings. The molecule has 0 radical (unpaired) electrons.